The second-order valence-electron chi connectivity index (χ2n) is 2.76. The van der Waals surface area contributed by atoms with Gasteiger partial charge in [-0.2, -0.15) is 5.26 Å². The lowest BCUT2D eigenvalue weighted by Crippen LogP contribution is -2.02. The van der Waals surface area contributed by atoms with Gasteiger partial charge in [0.2, 0.25) is 0 Å². The smallest absolute Gasteiger partial charge is 0.307 e. The molecule has 0 aliphatic carbocycles. The Kier molecular flexibility index (Phi) is 2.58. The standard InChI is InChI=1S/C9H8N2O3/c10-4-5-1-6(3-8(12)13)9(14)7(11)2-5/h1-2,14H,3,11H2,(H,12,13). The molecule has 0 atom stereocenters. The summed E-state index contributed by atoms with van der Waals surface area (Å²) in [6.07, 6.45) is -0.356. The van der Waals surface area contributed by atoms with E-state index >= 15 is 0 Å². The molecule has 0 fully saturated rings. The minimum Gasteiger partial charge on any atom is -0.505 e. The van der Waals surface area contributed by atoms with E-state index < -0.39 is 5.97 Å². The van der Waals surface area contributed by atoms with Gasteiger partial charge in [0, 0.05) is 5.56 Å². The zero-order chi connectivity index (χ0) is 10.7. The Labute approximate surface area is 80.0 Å². The maximum Gasteiger partial charge on any atom is 0.307 e. The van der Waals surface area contributed by atoms with Crippen LogP contribution in [-0.2, 0) is 11.2 Å². The number of hydrogen-bond donors (Lipinski definition) is 3. The van der Waals surface area contributed by atoms with Crippen molar-refractivity contribution in [3.05, 3.63) is 23.3 Å². The molecule has 1 rings (SSSR count). The highest BCUT2D eigenvalue weighted by Crippen LogP contribution is 2.26. The van der Waals surface area contributed by atoms with Crippen LogP contribution in [-0.4, -0.2) is 16.2 Å². The second-order valence-corrected chi connectivity index (χ2v) is 2.76. The number of carbonyl (C=O) groups is 1. The number of hydrogen-bond acceptors (Lipinski definition) is 4. The molecular weight excluding hydrogens is 184 g/mol. The molecule has 0 heterocycles. The number of phenolic OH excluding ortho intramolecular Hbond substituents is 1. The molecule has 1 aromatic rings. The van der Waals surface area contributed by atoms with E-state index in [0.717, 1.165) is 0 Å². The largest absolute Gasteiger partial charge is 0.505 e. The lowest BCUT2D eigenvalue weighted by Gasteiger charge is -2.05. The van der Waals surface area contributed by atoms with Gasteiger partial charge in [-0.05, 0) is 12.1 Å². The summed E-state index contributed by atoms with van der Waals surface area (Å²) in [7, 11) is 0. The SMILES string of the molecule is N#Cc1cc(N)c(O)c(CC(=O)O)c1. The van der Waals surface area contributed by atoms with E-state index in [1.54, 1.807) is 0 Å². The predicted octanol–water partition coefficient (Wildman–Crippen LogP) is 0.473. The first kappa shape index (κ1) is 9.86. The third kappa shape index (κ3) is 1.93. The number of nitrogen functional groups attached to an aromatic ring is 1. The van der Waals surface area contributed by atoms with Gasteiger partial charge in [0.1, 0.15) is 5.75 Å². The Morgan fingerprint density at radius 1 is 1.57 bits per heavy atom. The van der Waals surface area contributed by atoms with Gasteiger partial charge >= 0.3 is 5.97 Å². The number of nitrogens with zero attached hydrogens (tertiary/aromatic N) is 1. The predicted molar refractivity (Wildman–Crippen MR) is 48.6 cm³/mol. The lowest BCUT2D eigenvalue weighted by atomic mass is 10.1. The van der Waals surface area contributed by atoms with Crippen LogP contribution in [0.2, 0.25) is 0 Å². The first-order valence-corrected chi connectivity index (χ1v) is 3.78. The van der Waals surface area contributed by atoms with Crippen molar-refractivity contribution in [2.75, 3.05) is 5.73 Å². The van der Waals surface area contributed by atoms with Crippen LogP contribution in [0.25, 0.3) is 0 Å². The van der Waals surface area contributed by atoms with Crippen molar-refractivity contribution >= 4 is 11.7 Å². The monoisotopic (exact) mass is 192 g/mol. The highest BCUT2D eigenvalue weighted by molar-refractivity contribution is 5.73. The van der Waals surface area contributed by atoms with Crippen LogP contribution >= 0.6 is 0 Å². The van der Waals surface area contributed by atoms with Gasteiger partial charge in [-0.25, -0.2) is 0 Å². The van der Waals surface area contributed by atoms with Gasteiger partial charge in [0.05, 0.1) is 23.7 Å². The zero-order valence-electron chi connectivity index (χ0n) is 7.19. The Morgan fingerprint density at radius 3 is 2.71 bits per heavy atom. The maximum atomic E-state index is 10.4. The molecule has 0 unspecified atom stereocenters. The van der Waals surface area contributed by atoms with Crippen molar-refractivity contribution in [1.29, 1.82) is 5.26 Å². The molecule has 0 aliphatic rings. The molecule has 0 saturated heterocycles. The van der Waals surface area contributed by atoms with Gasteiger partial charge in [-0.15, -0.1) is 0 Å². The molecule has 0 spiro atoms. The summed E-state index contributed by atoms with van der Waals surface area (Å²) in [4.78, 5) is 10.4. The van der Waals surface area contributed by atoms with Gasteiger partial charge < -0.3 is 15.9 Å². The summed E-state index contributed by atoms with van der Waals surface area (Å²) >= 11 is 0. The van der Waals surface area contributed by atoms with Gasteiger partial charge in [-0.1, -0.05) is 0 Å². The quantitative estimate of drug-likeness (QED) is 0.466. The van der Waals surface area contributed by atoms with Crippen LogP contribution in [0.4, 0.5) is 5.69 Å². The molecule has 1 aromatic carbocycles. The summed E-state index contributed by atoms with van der Waals surface area (Å²) in [5.74, 6) is -1.36. The van der Waals surface area contributed by atoms with E-state index in [1.165, 1.54) is 12.1 Å². The van der Waals surface area contributed by atoms with E-state index in [0.29, 0.717) is 0 Å². The molecule has 5 nitrogen and oxygen atoms in total. The van der Waals surface area contributed by atoms with E-state index in [2.05, 4.69) is 0 Å². The molecule has 5 heteroatoms. The van der Waals surface area contributed by atoms with Gasteiger partial charge in [0.25, 0.3) is 0 Å². The van der Waals surface area contributed by atoms with Crippen LogP contribution in [0.1, 0.15) is 11.1 Å². The number of rotatable bonds is 2. The van der Waals surface area contributed by atoms with E-state index in [4.69, 9.17) is 16.1 Å². The Bertz CT molecular complexity index is 421. The normalized spacial score (nSPS) is 9.36. The summed E-state index contributed by atoms with van der Waals surface area (Å²) in [6, 6.07) is 4.42. The average Bonchev–Trinajstić information content (AvgIpc) is 2.11. The van der Waals surface area contributed by atoms with E-state index in [1.807, 2.05) is 6.07 Å². The van der Waals surface area contributed by atoms with Crippen molar-refractivity contribution in [3.63, 3.8) is 0 Å². The highest BCUT2D eigenvalue weighted by atomic mass is 16.4. The molecule has 0 bridgehead atoms. The fraction of sp³-hybridized carbons (Fsp3) is 0.111. The van der Waals surface area contributed by atoms with Crippen LogP contribution < -0.4 is 5.73 Å². The third-order valence-corrected chi connectivity index (χ3v) is 1.69. The molecule has 0 aromatic heterocycles. The average molecular weight is 192 g/mol. The zero-order valence-corrected chi connectivity index (χ0v) is 7.19. The highest BCUT2D eigenvalue weighted by Gasteiger charge is 2.10. The molecule has 4 N–H and O–H groups in total. The fourth-order valence-electron chi connectivity index (χ4n) is 1.08. The lowest BCUT2D eigenvalue weighted by molar-refractivity contribution is -0.136. The first-order chi connectivity index (χ1) is 6.54. The number of nitrogens with two attached hydrogens (primary N) is 1. The molecule has 0 amide bonds. The molecule has 0 saturated carbocycles. The van der Waals surface area contributed by atoms with Crippen molar-refractivity contribution in [2.45, 2.75) is 6.42 Å². The van der Waals surface area contributed by atoms with Crippen molar-refractivity contribution in [2.24, 2.45) is 0 Å². The topological polar surface area (TPSA) is 107 Å². The number of anilines is 1. The fourth-order valence-corrected chi connectivity index (χ4v) is 1.08. The first-order valence-electron chi connectivity index (χ1n) is 3.78. The number of aliphatic carboxylic acids is 1. The van der Waals surface area contributed by atoms with E-state index in [-0.39, 0.29) is 29.0 Å². The van der Waals surface area contributed by atoms with Crippen molar-refractivity contribution in [1.82, 2.24) is 0 Å². The van der Waals surface area contributed by atoms with Crippen LogP contribution in [0, 0.1) is 11.3 Å². The Hall–Kier alpha value is -2.22. The summed E-state index contributed by atoms with van der Waals surface area (Å²) in [5.41, 5.74) is 5.77. The number of nitriles is 1. The third-order valence-electron chi connectivity index (χ3n) is 1.69. The van der Waals surface area contributed by atoms with Gasteiger partial charge in [0.15, 0.2) is 0 Å². The summed E-state index contributed by atoms with van der Waals surface area (Å²) < 4.78 is 0. The summed E-state index contributed by atoms with van der Waals surface area (Å²) in [5, 5.41) is 26.5. The van der Waals surface area contributed by atoms with Gasteiger partial charge in [-0.3, -0.25) is 4.79 Å². The van der Waals surface area contributed by atoms with Crippen LogP contribution in [0.3, 0.4) is 0 Å². The molecule has 0 aliphatic heterocycles. The van der Waals surface area contributed by atoms with E-state index in [9.17, 15) is 9.90 Å². The summed E-state index contributed by atoms with van der Waals surface area (Å²) in [6.45, 7) is 0. The second kappa shape index (κ2) is 3.66. The van der Waals surface area contributed by atoms with Crippen LogP contribution in [0.15, 0.2) is 12.1 Å². The Balaban J connectivity index is 3.21. The molecule has 0 radical (unpaired) electrons. The van der Waals surface area contributed by atoms with Crippen molar-refractivity contribution in [3.8, 4) is 11.8 Å². The maximum absolute atomic E-state index is 10.4. The Morgan fingerprint density at radius 2 is 2.21 bits per heavy atom. The molecular formula is C9H8N2O3. The molecule has 72 valence electrons. The number of carboxylic acid groups (broad SMARTS) is 1. The number of carboxylic acids is 1. The minimum absolute atomic E-state index is 0.0142. The number of aromatic hydroxyl groups is 1. The number of phenols is 1. The van der Waals surface area contributed by atoms with Crippen molar-refractivity contribution < 1.29 is 15.0 Å². The molecule has 14 heavy (non-hydrogen) atoms. The minimum atomic E-state index is -1.09. The number of benzene rings is 1. The van der Waals surface area contributed by atoms with Crippen LogP contribution in [0.5, 0.6) is 5.75 Å².